The van der Waals surface area contributed by atoms with Gasteiger partial charge in [0.1, 0.15) is 5.75 Å². The predicted molar refractivity (Wildman–Crippen MR) is 80.0 cm³/mol. The maximum absolute atomic E-state index is 11.9. The zero-order valence-electron chi connectivity index (χ0n) is 12.3. The van der Waals surface area contributed by atoms with Crippen LogP contribution in [-0.4, -0.2) is 36.8 Å². The lowest BCUT2D eigenvalue weighted by Gasteiger charge is -2.19. The fraction of sp³-hybridized carbons (Fsp3) is 0.533. The Kier molecular flexibility index (Phi) is 7.04. The van der Waals surface area contributed by atoms with Gasteiger partial charge in [0, 0.05) is 30.8 Å². The van der Waals surface area contributed by atoms with E-state index in [-0.39, 0.29) is 24.6 Å². The highest BCUT2D eigenvalue weighted by atomic mass is 16.5. The van der Waals surface area contributed by atoms with E-state index in [4.69, 9.17) is 9.84 Å². The van der Waals surface area contributed by atoms with E-state index in [0.29, 0.717) is 12.8 Å². The minimum Gasteiger partial charge on any atom is -0.497 e. The highest BCUT2D eigenvalue weighted by Gasteiger charge is 2.11. The van der Waals surface area contributed by atoms with E-state index < -0.39 is 0 Å². The second-order valence-electron chi connectivity index (χ2n) is 4.96. The molecule has 1 rings (SSSR count). The Morgan fingerprint density at radius 1 is 1.25 bits per heavy atom. The summed E-state index contributed by atoms with van der Waals surface area (Å²) in [6.07, 6.45) is 1.08. The average Bonchev–Trinajstić information content (AvgIpc) is 2.39. The smallest absolute Gasteiger partial charge is 0.225 e. The fourth-order valence-electron chi connectivity index (χ4n) is 1.99. The van der Waals surface area contributed by atoms with Gasteiger partial charge >= 0.3 is 0 Å². The molecule has 0 fully saturated rings. The van der Waals surface area contributed by atoms with E-state index in [0.717, 1.165) is 11.4 Å². The summed E-state index contributed by atoms with van der Waals surface area (Å²) in [4.78, 5) is 11.9. The number of hydrogen-bond acceptors (Lipinski definition) is 4. The van der Waals surface area contributed by atoms with Crippen molar-refractivity contribution in [3.05, 3.63) is 24.3 Å². The van der Waals surface area contributed by atoms with Gasteiger partial charge in [-0.3, -0.25) is 4.79 Å². The Morgan fingerprint density at radius 3 is 2.45 bits per heavy atom. The number of hydrogen-bond donors (Lipinski definition) is 3. The SMILES string of the molecule is COc1ccc(NC(=O)CC(C)N[C@H](C)CCO)cc1. The summed E-state index contributed by atoms with van der Waals surface area (Å²) in [7, 11) is 1.61. The fourth-order valence-corrected chi connectivity index (χ4v) is 1.99. The molecule has 0 aliphatic heterocycles. The van der Waals surface area contributed by atoms with E-state index in [9.17, 15) is 4.79 Å². The Balaban J connectivity index is 2.38. The third kappa shape index (κ3) is 6.04. The Morgan fingerprint density at radius 2 is 1.90 bits per heavy atom. The van der Waals surface area contributed by atoms with Crippen LogP contribution >= 0.6 is 0 Å². The van der Waals surface area contributed by atoms with Crippen LogP contribution in [-0.2, 0) is 4.79 Å². The molecular formula is C15H24N2O3. The normalized spacial score (nSPS) is 13.6. The third-order valence-electron chi connectivity index (χ3n) is 3.00. The number of rotatable bonds is 8. The summed E-state index contributed by atoms with van der Waals surface area (Å²) in [5, 5.41) is 15.0. The number of carbonyl (C=O) groups is 1. The van der Waals surface area contributed by atoms with Crippen LogP contribution in [0.15, 0.2) is 24.3 Å². The molecule has 1 aromatic carbocycles. The first-order valence-corrected chi connectivity index (χ1v) is 6.86. The van der Waals surface area contributed by atoms with Gasteiger partial charge < -0.3 is 20.5 Å². The molecule has 0 saturated heterocycles. The lowest BCUT2D eigenvalue weighted by molar-refractivity contribution is -0.116. The maximum atomic E-state index is 11.9. The maximum Gasteiger partial charge on any atom is 0.225 e. The minimum absolute atomic E-state index is 0.0358. The molecule has 2 atom stereocenters. The number of amides is 1. The van der Waals surface area contributed by atoms with E-state index in [1.807, 2.05) is 26.0 Å². The summed E-state index contributed by atoms with van der Waals surface area (Å²) in [5.41, 5.74) is 0.756. The zero-order valence-corrected chi connectivity index (χ0v) is 12.3. The second kappa shape index (κ2) is 8.55. The molecule has 1 unspecified atom stereocenters. The molecule has 5 nitrogen and oxygen atoms in total. The molecule has 0 aliphatic carbocycles. The van der Waals surface area contributed by atoms with Crippen LogP contribution in [0.2, 0.25) is 0 Å². The first-order valence-electron chi connectivity index (χ1n) is 6.86. The molecule has 0 radical (unpaired) electrons. The molecule has 0 aliphatic rings. The van der Waals surface area contributed by atoms with Crippen LogP contribution in [0.4, 0.5) is 5.69 Å². The largest absolute Gasteiger partial charge is 0.497 e. The van der Waals surface area contributed by atoms with Crippen LogP contribution in [0.25, 0.3) is 0 Å². The number of carbonyl (C=O) groups excluding carboxylic acids is 1. The topological polar surface area (TPSA) is 70.6 Å². The van der Waals surface area contributed by atoms with Crippen molar-refractivity contribution in [1.82, 2.24) is 5.32 Å². The van der Waals surface area contributed by atoms with Crippen molar-refractivity contribution in [2.45, 2.75) is 38.8 Å². The van der Waals surface area contributed by atoms with Crippen molar-refractivity contribution in [1.29, 1.82) is 0 Å². The van der Waals surface area contributed by atoms with Gasteiger partial charge in [0.25, 0.3) is 0 Å². The monoisotopic (exact) mass is 280 g/mol. The number of benzene rings is 1. The molecule has 0 heterocycles. The van der Waals surface area contributed by atoms with Gasteiger partial charge in [0.2, 0.25) is 5.91 Å². The number of anilines is 1. The van der Waals surface area contributed by atoms with E-state index in [1.54, 1.807) is 19.2 Å². The number of ether oxygens (including phenoxy) is 1. The van der Waals surface area contributed by atoms with Crippen LogP contribution in [0.3, 0.4) is 0 Å². The van der Waals surface area contributed by atoms with Crippen LogP contribution in [0.1, 0.15) is 26.7 Å². The highest BCUT2D eigenvalue weighted by molar-refractivity contribution is 5.91. The van der Waals surface area contributed by atoms with Crippen molar-refractivity contribution >= 4 is 11.6 Å². The Hall–Kier alpha value is -1.59. The highest BCUT2D eigenvalue weighted by Crippen LogP contribution is 2.15. The number of aliphatic hydroxyl groups excluding tert-OH is 1. The summed E-state index contributed by atoms with van der Waals surface area (Å²) in [5.74, 6) is 0.724. The van der Waals surface area contributed by atoms with Crippen LogP contribution in [0.5, 0.6) is 5.75 Å². The first kappa shape index (κ1) is 16.5. The molecule has 0 aromatic heterocycles. The number of nitrogens with one attached hydrogen (secondary N) is 2. The van der Waals surface area contributed by atoms with Gasteiger partial charge in [-0.15, -0.1) is 0 Å². The molecular weight excluding hydrogens is 256 g/mol. The quantitative estimate of drug-likeness (QED) is 0.679. The predicted octanol–water partition coefficient (Wildman–Crippen LogP) is 1.77. The van der Waals surface area contributed by atoms with E-state index >= 15 is 0 Å². The minimum atomic E-state index is -0.0358. The third-order valence-corrected chi connectivity index (χ3v) is 3.00. The Bertz CT molecular complexity index is 406. The molecule has 1 amide bonds. The molecule has 5 heteroatoms. The van der Waals surface area contributed by atoms with Gasteiger partial charge in [0.15, 0.2) is 0 Å². The summed E-state index contributed by atoms with van der Waals surface area (Å²) >= 11 is 0. The van der Waals surface area contributed by atoms with Gasteiger partial charge in [0.05, 0.1) is 7.11 Å². The standard InChI is InChI=1S/C15H24N2O3/c1-11(8-9-18)16-12(2)10-15(19)17-13-4-6-14(20-3)7-5-13/h4-7,11-12,16,18H,8-10H2,1-3H3,(H,17,19)/t11-,12?/m1/s1. The Labute approximate surface area is 120 Å². The average molecular weight is 280 g/mol. The molecule has 3 N–H and O–H groups in total. The van der Waals surface area contributed by atoms with Crippen molar-refractivity contribution < 1.29 is 14.6 Å². The molecule has 20 heavy (non-hydrogen) atoms. The summed E-state index contributed by atoms with van der Waals surface area (Å²) in [6, 6.07) is 7.49. The number of methoxy groups -OCH3 is 1. The van der Waals surface area contributed by atoms with Gasteiger partial charge in [-0.1, -0.05) is 0 Å². The molecule has 112 valence electrons. The number of aliphatic hydroxyl groups is 1. The second-order valence-corrected chi connectivity index (χ2v) is 4.96. The first-order chi connectivity index (χ1) is 9.55. The molecule has 1 aromatic rings. The van der Waals surface area contributed by atoms with E-state index in [1.165, 1.54) is 0 Å². The van der Waals surface area contributed by atoms with Gasteiger partial charge in [-0.05, 0) is 44.5 Å². The van der Waals surface area contributed by atoms with Crippen molar-refractivity contribution in [3.8, 4) is 5.75 Å². The molecule has 0 saturated carbocycles. The zero-order chi connectivity index (χ0) is 15.0. The molecule has 0 spiro atoms. The summed E-state index contributed by atoms with van der Waals surface area (Å²) < 4.78 is 5.06. The summed E-state index contributed by atoms with van der Waals surface area (Å²) in [6.45, 7) is 4.11. The lowest BCUT2D eigenvalue weighted by atomic mass is 10.1. The lowest BCUT2D eigenvalue weighted by Crippen LogP contribution is -2.37. The van der Waals surface area contributed by atoms with Gasteiger partial charge in [-0.25, -0.2) is 0 Å². The van der Waals surface area contributed by atoms with E-state index in [2.05, 4.69) is 10.6 Å². The van der Waals surface area contributed by atoms with Gasteiger partial charge in [-0.2, -0.15) is 0 Å². The van der Waals surface area contributed by atoms with Crippen LogP contribution < -0.4 is 15.4 Å². The molecule has 0 bridgehead atoms. The van der Waals surface area contributed by atoms with Crippen molar-refractivity contribution in [3.63, 3.8) is 0 Å². The van der Waals surface area contributed by atoms with Crippen molar-refractivity contribution in [2.24, 2.45) is 0 Å². The van der Waals surface area contributed by atoms with Crippen LogP contribution in [0, 0.1) is 0 Å². The van der Waals surface area contributed by atoms with Crippen molar-refractivity contribution in [2.75, 3.05) is 19.0 Å².